The van der Waals surface area contributed by atoms with Gasteiger partial charge in [-0.15, -0.1) is 0 Å². The summed E-state index contributed by atoms with van der Waals surface area (Å²) in [4.78, 5) is 27.5. The molecule has 0 N–H and O–H groups in total. The van der Waals surface area contributed by atoms with Crippen LogP contribution < -0.4 is 0 Å². The topological polar surface area (TPSA) is 128 Å². The molecule has 216 valence electrons. The van der Waals surface area contributed by atoms with Crippen molar-refractivity contribution in [2.24, 2.45) is 11.8 Å². The van der Waals surface area contributed by atoms with Gasteiger partial charge in [0.15, 0.2) is 15.6 Å². The lowest BCUT2D eigenvalue weighted by molar-refractivity contribution is -0.126. The lowest BCUT2D eigenvalue weighted by Crippen LogP contribution is -2.51. The van der Waals surface area contributed by atoms with Gasteiger partial charge in [0.1, 0.15) is 23.3 Å². The Bertz CT molecular complexity index is 1560. The van der Waals surface area contributed by atoms with E-state index in [0.717, 1.165) is 31.2 Å². The molecule has 2 fully saturated rings. The van der Waals surface area contributed by atoms with Crippen LogP contribution in [0.25, 0.3) is 11.1 Å². The molecule has 2 aromatic carbocycles. The molecule has 1 saturated heterocycles. The zero-order chi connectivity index (χ0) is 30.3. The molecule has 4 atom stereocenters. The van der Waals surface area contributed by atoms with Crippen LogP contribution in [-0.4, -0.2) is 49.1 Å². The third-order valence-electron chi connectivity index (χ3n) is 7.58. The van der Waals surface area contributed by atoms with Crippen LogP contribution in [0, 0.1) is 46.1 Å². The van der Waals surface area contributed by atoms with Gasteiger partial charge in [0.2, 0.25) is 0 Å². The second-order valence-corrected chi connectivity index (χ2v) is 13.8. The Kier molecular flexibility index (Phi) is 8.24. The Balaban J connectivity index is 1.54. The SMILES string of the molecule is CC(C)(C)OC(=O)N1[C@@H]2CC[C@@H](C2)[C@H]1C(=O)CC(C#N)Cc1c(F)cc(-c2ccc(C#N)c(S(C)(=O)=O)c2)cc1F. The standard InChI is InChI=1S/C30H31F2N3O5S/c1-30(2,3)40-29(37)35-22-8-7-19(11-22)28(35)26(36)10-17(15-33)9-23-24(31)12-21(13-25(23)32)18-5-6-20(16-34)27(14-18)41(4,38)39/h5-6,12-14,17,19,22,28H,7-11H2,1-4H3/t17?,19-,22+,28-/m0/s1. The van der Waals surface area contributed by atoms with Crippen LogP contribution in [-0.2, 0) is 25.8 Å². The number of nitrogens with zero attached hydrogens (tertiary/aromatic N) is 3. The smallest absolute Gasteiger partial charge is 0.411 e. The second kappa shape index (κ2) is 11.2. The number of rotatable bonds is 7. The van der Waals surface area contributed by atoms with Gasteiger partial charge in [-0.3, -0.25) is 9.69 Å². The molecule has 41 heavy (non-hydrogen) atoms. The largest absolute Gasteiger partial charge is 0.444 e. The number of ketones is 1. The number of hydrogen-bond donors (Lipinski definition) is 0. The summed E-state index contributed by atoms with van der Waals surface area (Å²) in [6, 6.07) is 8.82. The number of amides is 1. The van der Waals surface area contributed by atoms with Gasteiger partial charge in [-0.2, -0.15) is 10.5 Å². The van der Waals surface area contributed by atoms with E-state index in [1.54, 1.807) is 26.8 Å². The molecule has 1 unspecified atom stereocenters. The third-order valence-corrected chi connectivity index (χ3v) is 8.71. The van der Waals surface area contributed by atoms with E-state index in [1.165, 1.54) is 23.1 Å². The van der Waals surface area contributed by atoms with Crippen LogP contribution in [0.15, 0.2) is 35.2 Å². The summed E-state index contributed by atoms with van der Waals surface area (Å²) in [5.41, 5.74) is -0.956. The highest BCUT2D eigenvalue weighted by atomic mass is 32.2. The van der Waals surface area contributed by atoms with Gasteiger partial charge in [-0.25, -0.2) is 22.0 Å². The molecule has 11 heteroatoms. The molecule has 2 aliphatic rings. The van der Waals surface area contributed by atoms with Crippen molar-refractivity contribution in [2.45, 2.75) is 75.5 Å². The first kappa shape index (κ1) is 30.1. The summed E-state index contributed by atoms with van der Waals surface area (Å²) in [5, 5.41) is 19.0. The van der Waals surface area contributed by atoms with Gasteiger partial charge in [0.25, 0.3) is 0 Å². The lowest BCUT2D eigenvalue weighted by atomic mass is 9.87. The maximum Gasteiger partial charge on any atom is 0.411 e. The average Bonchev–Trinajstić information content (AvgIpc) is 3.50. The van der Waals surface area contributed by atoms with E-state index in [4.69, 9.17) is 4.74 Å². The highest BCUT2D eigenvalue weighted by Gasteiger charge is 2.52. The summed E-state index contributed by atoms with van der Waals surface area (Å²) in [6.07, 6.45) is 1.93. The minimum absolute atomic E-state index is 0.0450. The van der Waals surface area contributed by atoms with Gasteiger partial charge < -0.3 is 4.74 Å². The van der Waals surface area contributed by atoms with Crippen molar-refractivity contribution >= 4 is 21.7 Å². The molecule has 2 bridgehead atoms. The summed E-state index contributed by atoms with van der Waals surface area (Å²) < 4.78 is 60.1. The third kappa shape index (κ3) is 6.41. The Morgan fingerprint density at radius 3 is 2.32 bits per heavy atom. The molecule has 0 spiro atoms. The summed E-state index contributed by atoms with van der Waals surface area (Å²) in [7, 11) is -3.77. The van der Waals surface area contributed by atoms with Gasteiger partial charge in [-0.05, 0) is 87.8 Å². The number of ether oxygens (including phenoxy) is 1. The molecule has 2 aromatic rings. The van der Waals surface area contributed by atoms with Gasteiger partial charge in [-0.1, -0.05) is 6.07 Å². The number of benzene rings is 2. The van der Waals surface area contributed by atoms with Crippen LogP contribution in [0.4, 0.5) is 13.6 Å². The van der Waals surface area contributed by atoms with Crippen molar-refractivity contribution in [3.8, 4) is 23.3 Å². The number of nitriles is 2. The van der Waals surface area contributed by atoms with E-state index in [2.05, 4.69) is 0 Å². The highest BCUT2D eigenvalue weighted by molar-refractivity contribution is 7.90. The molecular formula is C30H31F2N3O5S. The number of piperidine rings is 1. The monoisotopic (exact) mass is 583 g/mol. The van der Waals surface area contributed by atoms with Crippen LogP contribution in [0.1, 0.15) is 57.6 Å². The number of carbonyl (C=O) groups is 2. The fraction of sp³-hybridized carbons (Fsp3) is 0.467. The number of halogens is 2. The quantitative estimate of drug-likeness (QED) is 0.431. The van der Waals surface area contributed by atoms with E-state index in [1.807, 2.05) is 6.07 Å². The van der Waals surface area contributed by atoms with E-state index in [-0.39, 0.29) is 57.7 Å². The molecule has 4 rings (SSSR count). The Hall–Kier alpha value is -3.83. The zero-order valence-electron chi connectivity index (χ0n) is 23.3. The molecule has 1 amide bonds. The molecule has 8 nitrogen and oxygen atoms in total. The molecule has 1 saturated carbocycles. The first-order chi connectivity index (χ1) is 19.1. The molecule has 1 aliphatic carbocycles. The first-order valence-corrected chi connectivity index (χ1v) is 15.2. The number of Topliss-reactive ketones (excluding diaryl/α,β-unsaturated/α-hetero) is 1. The Morgan fingerprint density at radius 1 is 1.10 bits per heavy atom. The molecule has 1 heterocycles. The predicted molar refractivity (Wildman–Crippen MR) is 145 cm³/mol. The van der Waals surface area contributed by atoms with E-state index in [9.17, 15) is 28.5 Å². The van der Waals surface area contributed by atoms with Crippen molar-refractivity contribution < 1.29 is 31.5 Å². The summed E-state index contributed by atoms with van der Waals surface area (Å²) in [5.74, 6) is -3.32. The van der Waals surface area contributed by atoms with Crippen molar-refractivity contribution in [2.75, 3.05) is 6.26 Å². The average molecular weight is 584 g/mol. The minimum atomic E-state index is -3.77. The summed E-state index contributed by atoms with van der Waals surface area (Å²) in [6.45, 7) is 5.21. The van der Waals surface area contributed by atoms with E-state index < -0.39 is 45.1 Å². The number of hydrogen-bond acceptors (Lipinski definition) is 7. The van der Waals surface area contributed by atoms with Crippen LogP contribution in [0.3, 0.4) is 0 Å². The lowest BCUT2D eigenvalue weighted by Gasteiger charge is -2.35. The number of sulfone groups is 1. The van der Waals surface area contributed by atoms with Crippen molar-refractivity contribution in [3.05, 3.63) is 53.1 Å². The predicted octanol–water partition coefficient (Wildman–Crippen LogP) is 5.34. The minimum Gasteiger partial charge on any atom is -0.444 e. The van der Waals surface area contributed by atoms with Gasteiger partial charge >= 0.3 is 6.09 Å². The van der Waals surface area contributed by atoms with Crippen molar-refractivity contribution in [1.29, 1.82) is 10.5 Å². The number of likely N-dealkylation sites (tertiary alicyclic amines) is 1. The van der Waals surface area contributed by atoms with Crippen LogP contribution in [0.5, 0.6) is 0 Å². The van der Waals surface area contributed by atoms with E-state index >= 15 is 8.78 Å². The van der Waals surface area contributed by atoms with Crippen LogP contribution >= 0.6 is 0 Å². The highest BCUT2D eigenvalue weighted by Crippen LogP contribution is 2.44. The number of carbonyl (C=O) groups excluding carboxylic acids is 2. The fourth-order valence-corrected chi connectivity index (χ4v) is 6.67. The fourth-order valence-electron chi connectivity index (χ4n) is 5.82. The van der Waals surface area contributed by atoms with Crippen molar-refractivity contribution in [1.82, 2.24) is 4.90 Å². The maximum atomic E-state index is 15.2. The Labute approximate surface area is 238 Å². The Morgan fingerprint density at radius 2 is 1.76 bits per heavy atom. The normalized spacial score (nSPS) is 20.8. The number of fused-ring (bicyclic) bond motifs is 2. The van der Waals surface area contributed by atoms with Gasteiger partial charge in [0.05, 0.1) is 28.5 Å². The molecule has 0 aromatic heterocycles. The second-order valence-electron chi connectivity index (χ2n) is 11.8. The van der Waals surface area contributed by atoms with Crippen molar-refractivity contribution in [3.63, 3.8) is 0 Å². The molecule has 1 aliphatic heterocycles. The van der Waals surface area contributed by atoms with E-state index in [0.29, 0.717) is 6.42 Å². The van der Waals surface area contributed by atoms with Gasteiger partial charge in [0, 0.05) is 24.3 Å². The molecule has 0 radical (unpaired) electrons. The maximum absolute atomic E-state index is 15.2. The zero-order valence-corrected chi connectivity index (χ0v) is 24.1. The first-order valence-electron chi connectivity index (χ1n) is 13.3. The van der Waals surface area contributed by atoms with Crippen LogP contribution in [0.2, 0.25) is 0 Å². The summed E-state index contributed by atoms with van der Waals surface area (Å²) >= 11 is 0. The molecular weight excluding hydrogens is 552 g/mol.